The number of rotatable bonds is 22. The van der Waals surface area contributed by atoms with Crippen molar-refractivity contribution in [3.63, 3.8) is 0 Å². The summed E-state index contributed by atoms with van der Waals surface area (Å²) in [6.07, 6.45) is 19.5. The van der Waals surface area contributed by atoms with Gasteiger partial charge >= 0.3 is 0 Å². The summed E-state index contributed by atoms with van der Waals surface area (Å²) in [5.41, 5.74) is 3.03. The van der Waals surface area contributed by atoms with E-state index in [1.54, 1.807) is 22.7 Å². The fourth-order valence-electron chi connectivity index (χ4n) is 7.65. The lowest BCUT2D eigenvalue weighted by Crippen LogP contribution is -2.30. The summed E-state index contributed by atoms with van der Waals surface area (Å²) < 4.78 is 5.04. The van der Waals surface area contributed by atoms with Gasteiger partial charge in [-0.05, 0) is 48.9 Å². The minimum Gasteiger partial charge on any atom is -0.306 e. The molecule has 4 nitrogen and oxygen atoms in total. The molecule has 0 unspecified atom stereocenters. The first-order valence-corrected chi connectivity index (χ1v) is 23.7. The zero-order valence-corrected chi connectivity index (χ0v) is 35.8. The summed E-state index contributed by atoms with van der Waals surface area (Å²) in [6, 6.07) is 9.17. The van der Waals surface area contributed by atoms with E-state index in [4.69, 9.17) is 0 Å². The van der Waals surface area contributed by atoms with E-state index in [-0.39, 0.29) is 11.8 Å². The Morgan fingerprint density at radius 1 is 0.462 bits per heavy atom. The van der Waals surface area contributed by atoms with Crippen molar-refractivity contribution in [2.24, 2.45) is 0 Å². The van der Waals surface area contributed by atoms with Gasteiger partial charge in [-0.1, -0.05) is 131 Å². The average Bonchev–Trinajstić information content (AvgIpc) is 3.94. The fraction of sp³-hybridized carbons (Fsp3) is 0.591. The van der Waals surface area contributed by atoms with Gasteiger partial charge in [0.2, 0.25) is 0 Å². The molecular formula is C44H60N2O2S4. The largest absolute Gasteiger partial charge is 0.306 e. The number of unbranched alkanes of at least 4 members (excludes halogenated alkanes) is 14. The van der Waals surface area contributed by atoms with E-state index in [1.165, 1.54) is 106 Å². The Hall–Kier alpha value is -2.26. The van der Waals surface area contributed by atoms with Crippen molar-refractivity contribution < 1.29 is 9.59 Å². The molecule has 0 N–H and O–H groups in total. The molecule has 2 aliphatic rings. The maximum Gasteiger partial charge on any atom is 0.261 e. The second-order valence-corrected chi connectivity index (χ2v) is 20.0. The number of hydrogen-bond donors (Lipinski definition) is 0. The highest BCUT2D eigenvalue weighted by molar-refractivity contribution is 7.29. The lowest BCUT2D eigenvalue weighted by molar-refractivity contribution is -0.124. The Morgan fingerprint density at radius 3 is 1.12 bits per heavy atom. The zero-order chi connectivity index (χ0) is 36.8. The van der Waals surface area contributed by atoms with Gasteiger partial charge in [0, 0.05) is 41.6 Å². The lowest BCUT2D eigenvalue weighted by atomic mass is 10.1. The molecule has 0 atom stereocenters. The van der Waals surface area contributed by atoms with Gasteiger partial charge in [-0.15, -0.1) is 45.3 Å². The molecule has 0 aliphatic carbocycles. The van der Waals surface area contributed by atoms with Gasteiger partial charge in [0.05, 0.1) is 32.3 Å². The van der Waals surface area contributed by atoms with Crippen LogP contribution in [0.3, 0.4) is 0 Å². The molecule has 0 fully saturated rings. The van der Waals surface area contributed by atoms with E-state index >= 15 is 0 Å². The number of thiophene rings is 4. The highest BCUT2D eigenvalue weighted by atomic mass is 32.1. The maximum atomic E-state index is 14.8. The van der Waals surface area contributed by atoms with Crippen molar-refractivity contribution in [1.29, 1.82) is 0 Å². The van der Waals surface area contributed by atoms with E-state index in [1.807, 2.05) is 32.5 Å². The van der Waals surface area contributed by atoms with Gasteiger partial charge < -0.3 is 9.80 Å². The van der Waals surface area contributed by atoms with Crippen LogP contribution in [-0.2, 0) is 9.59 Å². The monoisotopic (exact) mass is 776 g/mol. The molecule has 6 rings (SSSR count). The average molecular weight is 777 g/mol. The first-order chi connectivity index (χ1) is 25.2. The molecule has 0 bridgehead atoms. The number of carbonyl (C=O) groups excluding carboxylic acids is 2. The van der Waals surface area contributed by atoms with Crippen LogP contribution in [-0.4, -0.2) is 34.7 Å². The number of nitrogens with zero attached hydrogens (tertiary/aromatic N) is 2. The van der Waals surface area contributed by atoms with Crippen LogP contribution in [0.1, 0.15) is 176 Å². The van der Waals surface area contributed by atoms with E-state index in [9.17, 15) is 9.59 Å². The second kappa shape index (κ2) is 18.4. The summed E-state index contributed by atoms with van der Waals surface area (Å²) in [5.74, 6) is 1.01. The molecule has 52 heavy (non-hydrogen) atoms. The topological polar surface area (TPSA) is 40.6 Å². The van der Waals surface area contributed by atoms with Crippen LogP contribution in [0, 0.1) is 0 Å². The van der Waals surface area contributed by atoms with E-state index in [2.05, 4.69) is 65.8 Å². The SMILES string of the molecule is CCCCCCCCCCN1C(=O)C2=C(c3cc4sc(C(C)C)cc4s3)N(CCCCCCCCCC)C(=O)C2=C1c1cc2sc(C(C)C)cc2s1. The first-order valence-electron chi connectivity index (χ1n) is 20.4. The van der Waals surface area contributed by atoms with Crippen LogP contribution in [0.5, 0.6) is 0 Å². The first kappa shape index (κ1) is 39.4. The molecule has 0 saturated carbocycles. The third-order valence-corrected chi connectivity index (χ3v) is 15.9. The summed E-state index contributed by atoms with van der Waals surface area (Å²) >= 11 is 7.21. The van der Waals surface area contributed by atoms with E-state index in [0.29, 0.717) is 36.1 Å². The van der Waals surface area contributed by atoms with Crippen LogP contribution >= 0.6 is 45.3 Å². The standard InChI is InChI=1S/C44H60N2O2S4/c1-7-9-11-13-15-17-19-21-23-45-41(37-27-35-33(51-37)25-31(49-35)29(3)4)39-40(43(45)47)42(38-28-36-34(52-38)26-32(50-36)30(5)6)46(44(39)48)24-22-20-18-16-14-12-10-8-2/h25-30H,7-24H2,1-6H3. The van der Waals surface area contributed by atoms with Gasteiger partial charge in [0.15, 0.2) is 0 Å². The molecular weight excluding hydrogens is 717 g/mol. The van der Waals surface area contributed by atoms with Crippen molar-refractivity contribution in [3.8, 4) is 0 Å². The Morgan fingerprint density at radius 2 is 0.788 bits per heavy atom. The second-order valence-electron chi connectivity index (χ2n) is 15.6. The highest BCUT2D eigenvalue weighted by Crippen LogP contribution is 2.51. The predicted octanol–water partition coefficient (Wildman–Crippen LogP) is 14.6. The minimum atomic E-state index is 0.0222. The van der Waals surface area contributed by atoms with Crippen LogP contribution in [0.25, 0.3) is 30.2 Å². The molecule has 2 amide bonds. The zero-order valence-electron chi connectivity index (χ0n) is 32.5. The van der Waals surface area contributed by atoms with Gasteiger partial charge in [-0.25, -0.2) is 0 Å². The lowest BCUT2D eigenvalue weighted by Gasteiger charge is -2.24. The van der Waals surface area contributed by atoms with Crippen LogP contribution in [0.15, 0.2) is 35.4 Å². The molecule has 0 spiro atoms. The fourth-order valence-corrected chi connectivity index (χ4v) is 12.6. The molecule has 0 saturated heterocycles. The predicted molar refractivity (Wildman–Crippen MR) is 230 cm³/mol. The third kappa shape index (κ3) is 8.66. The molecule has 6 heterocycles. The van der Waals surface area contributed by atoms with Crippen molar-refractivity contribution in [2.45, 2.75) is 156 Å². The summed E-state index contributed by atoms with van der Waals surface area (Å²) in [6.45, 7) is 14.8. The van der Waals surface area contributed by atoms with Crippen LogP contribution in [0.4, 0.5) is 0 Å². The smallest absolute Gasteiger partial charge is 0.261 e. The third-order valence-electron chi connectivity index (χ3n) is 10.7. The maximum absolute atomic E-state index is 14.8. The Labute approximate surface area is 329 Å². The van der Waals surface area contributed by atoms with Crippen LogP contribution < -0.4 is 0 Å². The molecule has 4 aromatic rings. The van der Waals surface area contributed by atoms with Gasteiger partial charge in [0.25, 0.3) is 11.8 Å². The van der Waals surface area contributed by atoms with E-state index in [0.717, 1.165) is 46.8 Å². The quantitative estimate of drug-likeness (QED) is 0.0746. The summed E-state index contributed by atoms with van der Waals surface area (Å²) in [4.78, 5) is 38.6. The number of carbonyl (C=O) groups is 2. The van der Waals surface area contributed by atoms with Gasteiger partial charge in [-0.2, -0.15) is 0 Å². The van der Waals surface area contributed by atoms with Crippen molar-refractivity contribution in [1.82, 2.24) is 9.80 Å². The van der Waals surface area contributed by atoms with Crippen molar-refractivity contribution in [2.75, 3.05) is 13.1 Å². The molecule has 4 aromatic heterocycles. The summed E-state index contributed by atoms with van der Waals surface area (Å²) in [7, 11) is 0. The number of fused-ring (bicyclic) bond motifs is 3. The Balaban J connectivity index is 1.34. The molecule has 0 radical (unpaired) electrons. The minimum absolute atomic E-state index is 0.0222. The summed E-state index contributed by atoms with van der Waals surface area (Å²) in [5, 5.41) is 0. The molecule has 2 aliphatic heterocycles. The van der Waals surface area contributed by atoms with Gasteiger partial charge in [-0.3, -0.25) is 9.59 Å². The van der Waals surface area contributed by atoms with Crippen LogP contribution in [0.2, 0.25) is 0 Å². The number of amides is 2. The van der Waals surface area contributed by atoms with Gasteiger partial charge in [0.1, 0.15) is 0 Å². The normalized spacial score (nSPS) is 15.2. The molecule has 8 heteroatoms. The Bertz CT molecular complexity index is 1700. The Kier molecular flexibility index (Phi) is 13.9. The van der Waals surface area contributed by atoms with Crippen molar-refractivity contribution >= 4 is 87.4 Å². The van der Waals surface area contributed by atoms with Crippen molar-refractivity contribution in [3.05, 3.63) is 54.9 Å². The molecule has 0 aromatic carbocycles. The highest BCUT2D eigenvalue weighted by Gasteiger charge is 2.49. The van der Waals surface area contributed by atoms with E-state index < -0.39 is 0 Å². The molecule has 282 valence electrons. The number of hydrogen-bond acceptors (Lipinski definition) is 6.